The highest BCUT2D eigenvalue weighted by Gasteiger charge is 2.32. The summed E-state index contributed by atoms with van der Waals surface area (Å²) in [4.78, 5) is 17.1. The van der Waals surface area contributed by atoms with Crippen LogP contribution in [-0.4, -0.2) is 48.6 Å². The van der Waals surface area contributed by atoms with Gasteiger partial charge in [-0.15, -0.1) is 0 Å². The predicted molar refractivity (Wildman–Crippen MR) is 109 cm³/mol. The average Bonchev–Trinajstić information content (AvgIpc) is 3.01. The summed E-state index contributed by atoms with van der Waals surface area (Å²) in [5.41, 5.74) is 3.61. The maximum Gasteiger partial charge on any atom is 0.184 e. The molecule has 2 heterocycles. The van der Waals surface area contributed by atoms with Gasteiger partial charge >= 0.3 is 0 Å². The molecule has 5 heteroatoms. The number of carbonyl (C=O) groups is 1. The second kappa shape index (κ2) is 7.63. The summed E-state index contributed by atoms with van der Waals surface area (Å²) in [5.74, 6) is 0.423. The summed E-state index contributed by atoms with van der Waals surface area (Å²) < 4.78 is 0. The molecule has 1 fully saturated rings. The van der Waals surface area contributed by atoms with Crippen LogP contribution in [0.2, 0.25) is 5.02 Å². The van der Waals surface area contributed by atoms with E-state index in [9.17, 15) is 9.90 Å². The first-order chi connectivity index (χ1) is 13.0. The third-order valence-corrected chi connectivity index (χ3v) is 6.13. The Balaban J connectivity index is 1.58. The molecule has 4 nitrogen and oxygen atoms in total. The second-order valence-electron chi connectivity index (χ2n) is 7.71. The zero-order chi connectivity index (χ0) is 19.0. The molecule has 142 valence electrons. The number of halogens is 1. The van der Waals surface area contributed by atoms with Crippen molar-refractivity contribution in [2.45, 2.75) is 25.4 Å². The number of ketones is 1. The molecule has 0 aromatic heterocycles. The van der Waals surface area contributed by atoms with Crippen LogP contribution in [0.4, 0.5) is 11.4 Å². The van der Waals surface area contributed by atoms with Gasteiger partial charge in [0.05, 0.1) is 18.3 Å². The lowest BCUT2D eigenvalue weighted by Gasteiger charge is -2.32. The number of rotatable bonds is 4. The Bertz CT molecular complexity index is 829. The molecule has 0 amide bonds. The van der Waals surface area contributed by atoms with Crippen molar-refractivity contribution in [3.05, 3.63) is 58.6 Å². The van der Waals surface area contributed by atoms with Crippen molar-refractivity contribution in [1.29, 1.82) is 0 Å². The van der Waals surface area contributed by atoms with E-state index in [0.29, 0.717) is 23.9 Å². The van der Waals surface area contributed by atoms with E-state index in [2.05, 4.69) is 11.9 Å². The van der Waals surface area contributed by atoms with E-state index in [1.54, 1.807) is 0 Å². The zero-order valence-corrected chi connectivity index (χ0v) is 16.3. The first-order valence-corrected chi connectivity index (χ1v) is 9.95. The third-order valence-electron chi connectivity index (χ3n) is 5.87. The van der Waals surface area contributed by atoms with Crippen molar-refractivity contribution in [2.24, 2.45) is 5.92 Å². The van der Waals surface area contributed by atoms with E-state index >= 15 is 0 Å². The maximum atomic E-state index is 12.8. The molecule has 0 radical (unpaired) electrons. The van der Waals surface area contributed by atoms with Gasteiger partial charge in [-0.2, -0.15) is 0 Å². The van der Waals surface area contributed by atoms with Crippen LogP contribution in [0.1, 0.15) is 28.8 Å². The van der Waals surface area contributed by atoms with Crippen LogP contribution in [0, 0.1) is 5.92 Å². The van der Waals surface area contributed by atoms with Crippen LogP contribution >= 0.6 is 11.6 Å². The molecule has 0 bridgehead atoms. The number of aliphatic hydroxyl groups excluding tert-OH is 1. The quantitative estimate of drug-likeness (QED) is 0.867. The number of nitrogens with zero attached hydrogens (tertiary/aromatic N) is 2. The van der Waals surface area contributed by atoms with Crippen LogP contribution in [0.5, 0.6) is 0 Å². The molecule has 1 unspecified atom stereocenters. The molecule has 27 heavy (non-hydrogen) atoms. The van der Waals surface area contributed by atoms with Crippen molar-refractivity contribution in [3.8, 4) is 0 Å². The van der Waals surface area contributed by atoms with E-state index in [-0.39, 0.29) is 5.78 Å². The number of Topliss-reactive ketones (excluding diaryl/α,β-unsaturated/α-hetero) is 1. The van der Waals surface area contributed by atoms with Gasteiger partial charge in [0.2, 0.25) is 0 Å². The molecule has 0 spiro atoms. The summed E-state index contributed by atoms with van der Waals surface area (Å²) in [6.45, 7) is 2.38. The molecule has 2 aliphatic rings. The van der Waals surface area contributed by atoms with Crippen LogP contribution < -0.4 is 4.90 Å². The van der Waals surface area contributed by atoms with Gasteiger partial charge in [0.15, 0.2) is 5.78 Å². The smallest absolute Gasteiger partial charge is 0.184 e. The summed E-state index contributed by atoms with van der Waals surface area (Å²) in [5, 5.41) is 11.5. The Morgan fingerprint density at radius 3 is 2.56 bits per heavy atom. The molecule has 2 aromatic rings. The van der Waals surface area contributed by atoms with E-state index in [1.165, 1.54) is 0 Å². The number of anilines is 2. The second-order valence-corrected chi connectivity index (χ2v) is 8.15. The number of piperidine rings is 1. The van der Waals surface area contributed by atoms with Gasteiger partial charge in [0, 0.05) is 16.3 Å². The minimum atomic E-state index is -0.400. The first-order valence-electron chi connectivity index (χ1n) is 9.57. The Hall–Kier alpha value is -1.88. The van der Waals surface area contributed by atoms with Crippen molar-refractivity contribution in [2.75, 3.05) is 31.6 Å². The highest BCUT2D eigenvalue weighted by atomic mass is 35.5. The van der Waals surface area contributed by atoms with Gasteiger partial charge < -0.3 is 14.9 Å². The number of aliphatic hydroxyl groups is 1. The average molecular weight is 385 g/mol. The molecule has 1 N–H and O–H groups in total. The number of hydrogen-bond donors (Lipinski definition) is 1. The van der Waals surface area contributed by atoms with E-state index in [1.807, 2.05) is 47.4 Å². The summed E-state index contributed by atoms with van der Waals surface area (Å²) in [7, 11) is 2.12. The minimum absolute atomic E-state index is 0.117. The Morgan fingerprint density at radius 2 is 1.85 bits per heavy atom. The Kier molecular flexibility index (Phi) is 5.22. The number of fused-ring (bicyclic) bond motifs is 1. The predicted octanol–water partition coefficient (Wildman–Crippen LogP) is 3.92. The van der Waals surface area contributed by atoms with Gasteiger partial charge in [-0.3, -0.25) is 4.79 Å². The molecule has 0 aliphatic carbocycles. The number of carbonyl (C=O) groups excluding carboxylic acids is 1. The lowest BCUT2D eigenvalue weighted by atomic mass is 9.86. The van der Waals surface area contributed by atoms with E-state index in [4.69, 9.17) is 11.6 Å². The summed E-state index contributed by atoms with van der Waals surface area (Å²) in [6, 6.07) is 13.5. The van der Waals surface area contributed by atoms with Gasteiger partial charge in [0.1, 0.15) is 0 Å². The van der Waals surface area contributed by atoms with E-state index in [0.717, 1.165) is 48.4 Å². The molecule has 0 saturated carbocycles. The van der Waals surface area contributed by atoms with E-state index < -0.39 is 6.10 Å². The summed E-state index contributed by atoms with van der Waals surface area (Å²) >= 11 is 6.00. The van der Waals surface area contributed by atoms with Gasteiger partial charge in [-0.05, 0) is 81.2 Å². The highest BCUT2D eigenvalue weighted by Crippen LogP contribution is 2.37. The lowest BCUT2D eigenvalue weighted by Crippen LogP contribution is -2.36. The minimum Gasteiger partial charge on any atom is -0.392 e. The lowest BCUT2D eigenvalue weighted by molar-refractivity contribution is 0.0663. The first kappa shape index (κ1) is 18.5. The standard InChI is InChI=1S/C22H25ClN2O2/c1-24-11-9-15(10-12-24)20(26)13-16-3-2-4-19-22(16)21(27)14-25(19)18-7-5-17(23)6-8-18/h2-8,15,20,26H,9-14H2,1H3. The van der Waals surface area contributed by atoms with Crippen molar-refractivity contribution < 1.29 is 9.90 Å². The van der Waals surface area contributed by atoms with Gasteiger partial charge in [-0.1, -0.05) is 23.7 Å². The molecule has 1 atom stereocenters. The number of hydrogen-bond acceptors (Lipinski definition) is 4. The fraction of sp³-hybridized carbons (Fsp3) is 0.409. The van der Waals surface area contributed by atoms with Crippen LogP contribution in [0.3, 0.4) is 0 Å². The normalized spacial score (nSPS) is 19.4. The van der Waals surface area contributed by atoms with Crippen LogP contribution in [0.15, 0.2) is 42.5 Å². The van der Waals surface area contributed by atoms with Crippen LogP contribution in [0.25, 0.3) is 0 Å². The topological polar surface area (TPSA) is 43.8 Å². The number of likely N-dealkylation sites (tertiary alicyclic amines) is 1. The van der Waals surface area contributed by atoms with Crippen molar-refractivity contribution in [3.63, 3.8) is 0 Å². The molecular weight excluding hydrogens is 360 g/mol. The molecule has 2 aliphatic heterocycles. The Labute approximate surface area is 165 Å². The SMILES string of the molecule is CN1CCC(C(O)Cc2cccc3c2C(=O)CN3c2ccc(Cl)cc2)CC1. The zero-order valence-electron chi connectivity index (χ0n) is 15.6. The van der Waals surface area contributed by atoms with Crippen molar-refractivity contribution in [1.82, 2.24) is 4.90 Å². The Morgan fingerprint density at radius 1 is 1.15 bits per heavy atom. The number of benzene rings is 2. The molecule has 2 aromatic carbocycles. The third kappa shape index (κ3) is 3.75. The van der Waals surface area contributed by atoms with Crippen molar-refractivity contribution >= 4 is 28.8 Å². The van der Waals surface area contributed by atoms with Crippen LogP contribution in [-0.2, 0) is 6.42 Å². The molecular formula is C22H25ClN2O2. The maximum absolute atomic E-state index is 12.8. The largest absolute Gasteiger partial charge is 0.392 e. The molecule has 4 rings (SSSR count). The molecule has 1 saturated heterocycles. The fourth-order valence-corrected chi connectivity index (χ4v) is 4.39. The highest BCUT2D eigenvalue weighted by molar-refractivity contribution is 6.30. The monoisotopic (exact) mass is 384 g/mol. The van der Waals surface area contributed by atoms with Gasteiger partial charge in [0.25, 0.3) is 0 Å². The van der Waals surface area contributed by atoms with Gasteiger partial charge in [-0.25, -0.2) is 0 Å². The summed E-state index contributed by atoms with van der Waals surface area (Å²) in [6.07, 6.45) is 2.16. The fourth-order valence-electron chi connectivity index (χ4n) is 4.27.